The van der Waals surface area contributed by atoms with Crippen LogP contribution in [0.5, 0.6) is 0 Å². The van der Waals surface area contributed by atoms with Crippen molar-refractivity contribution < 1.29 is 21.6 Å². The average molecular weight is 329 g/mol. The molecule has 0 atom stereocenters. The van der Waals surface area contributed by atoms with Crippen LogP contribution in [-0.4, -0.2) is 8.42 Å². The number of halogens is 3. The zero-order valence-electron chi connectivity index (χ0n) is 11.9. The van der Waals surface area contributed by atoms with Crippen molar-refractivity contribution in [3.8, 4) is 0 Å². The maximum absolute atomic E-state index is 13.0. The summed E-state index contributed by atoms with van der Waals surface area (Å²) in [5.41, 5.74) is 0.657. The zero-order valence-corrected chi connectivity index (χ0v) is 12.7. The normalized spacial score (nSPS) is 12.2. The highest BCUT2D eigenvalue weighted by Gasteiger charge is 2.36. The summed E-state index contributed by atoms with van der Waals surface area (Å²) in [6, 6.07) is 9.04. The Kier molecular flexibility index (Phi) is 4.19. The van der Waals surface area contributed by atoms with Crippen LogP contribution in [-0.2, 0) is 16.2 Å². The van der Waals surface area contributed by atoms with Gasteiger partial charge in [-0.25, -0.2) is 8.42 Å². The highest BCUT2D eigenvalue weighted by Crippen LogP contribution is 2.34. The summed E-state index contributed by atoms with van der Waals surface area (Å²) in [6.45, 7) is 3.54. The second kappa shape index (κ2) is 5.64. The number of hydrogen-bond acceptors (Lipinski definition) is 2. The molecule has 0 saturated carbocycles. The van der Waals surface area contributed by atoms with Crippen molar-refractivity contribution in [2.75, 3.05) is 4.72 Å². The Balaban J connectivity index is 2.48. The van der Waals surface area contributed by atoms with Crippen LogP contribution in [0.4, 0.5) is 18.9 Å². The summed E-state index contributed by atoms with van der Waals surface area (Å²) in [4.78, 5) is -0.790. The molecular formula is C15H14F3NO2S. The van der Waals surface area contributed by atoms with Crippen molar-refractivity contribution in [3.63, 3.8) is 0 Å². The van der Waals surface area contributed by atoms with Gasteiger partial charge in [0, 0.05) is 5.69 Å². The highest BCUT2D eigenvalue weighted by molar-refractivity contribution is 7.92. The van der Waals surface area contributed by atoms with Crippen molar-refractivity contribution in [3.05, 3.63) is 59.2 Å². The molecule has 0 bridgehead atoms. The molecule has 0 aliphatic carbocycles. The van der Waals surface area contributed by atoms with E-state index in [1.54, 1.807) is 26.0 Å². The number of hydrogen-bond donors (Lipinski definition) is 1. The highest BCUT2D eigenvalue weighted by atomic mass is 32.2. The lowest BCUT2D eigenvalue weighted by atomic mass is 10.1. The molecule has 0 saturated heterocycles. The van der Waals surface area contributed by atoms with Gasteiger partial charge in [0.2, 0.25) is 0 Å². The maximum Gasteiger partial charge on any atom is 0.417 e. The number of benzene rings is 2. The summed E-state index contributed by atoms with van der Waals surface area (Å²) in [6.07, 6.45) is -4.74. The lowest BCUT2D eigenvalue weighted by Crippen LogP contribution is -2.19. The largest absolute Gasteiger partial charge is 0.417 e. The topological polar surface area (TPSA) is 46.2 Å². The van der Waals surface area contributed by atoms with Gasteiger partial charge in [-0.1, -0.05) is 18.2 Å². The number of anilines is 1. The summed E-state index contributed by atoms with van der Waals surface area (Å²) < 4.78 is 65.6. The van der Waals surface area contributed by atoms with Gasteiger partial charge >= 0.3 is 6.18 Å². The molecule has 0 heterocycles. The van der Waals surface area contributed by atoms with E-state index in [1.807, 2.05) is 6.07 Å². The Morgan fingerprint density at radius 3 is 2.05 bits per heavy atom. The molecule has 3 nitrogen and oxygen atoms in total. The first kappa shape index (κ1) is 16.4. The van der Waals surface area contributed by atoms with Gasteiger partial charge in [-0.15, -0.1) is 0 Å². The Morgan fingerprint density at radius 1 is 0.955 bits per heavy atom. The van der Waals surface area contributed by atoms with Gasteiger partial charge in [-0.2, -0.15) is 13.2 Å². The summed E-state index contributed by atoms with van der Waals surface area (Å²) in [5.74, 6) is 0. The van der Waals surface area contributed by atoms with Crippen molar-refractivity contribution >= 4 is 15.7 Å². The maximum atomic E-state index is 13.0. The van der Waals surface area contributed by atoms with E-state index in [9.17, 15) is 21.6 Å². The molecule has 0 amide bonds. The number of rotatable bonds is 3. The standard InChI is InChI=1S/C15H14F3NO2S/c1-10-7-11(2)9-12(8-10)19-22(20,21)14-6-4-3-5-13(14)15(16,17)18/h3-9,19H,1-2H3. The van der Waals surface area contributed by atoms with Gasteiger partial charge in [0.1, 0.15) is 0 Å². The number of nitrogens with one attached hydrogen (secondary N) is 1. The first-order valence-corrected chi connectivity index (χ1v) is 7.85. The molecule has 2 aromatic rings. The average Bonchev–Trinajstić information content (AvgIpc) is 2.36. The molecule has 0 aromatic heterocycles. The molecule has 0 radical (unpaired) electrons. The minimum Gasteiger partial charge on any atom is -0.280 e. The Hall–Kier alpha value is -2.02. The third-order valence-electron chi connectivity index (χ3n) is 2.96. The number of aryl methyl sites for hydroxylation is 2. The first-order valence-electron chi connectivity index (χ1n) is 6.37. The zero-order chi connectivity index (χ0) is 16.5. The fraction of sp³-hybridized carbons (Fsp3) is 0.200. The second-order valence-electron chi connectivity index (χ2n) is 4.98. The molecular weight excluding hydrogens is 315 g/mol. The van der Waals surface area contributed by atoms with Gasteiger partial charge in [0.25, 0.3) is 10.0 Å². The van der Waals surface area contributed by atoms with E-state index in [1.165, 1.54) is 6.07 Å². The third kappa shape index (κ3) is 3.59. The predicted octanol–water partition coefficient (Wildman–Crippen LogP) is 4.12. The molecule has 0 aliphatic heterocycles. The molecule has 118 valence electrons. The van der Waals surface area contributed by atoms with Crippen LogP contribution in [0.2, 0.25) is 0 Å². The lowest BCUT2D eigenvalue weighted by molar-refractivity contribution is -0.139. The van der Waals surface area contributed by atoms with Crippen molar-refractivity contribution in [2.45, 2.75) is 24.9 Å². The third-order valence-corrected chi connectivity index (χ3v) is 4.40. The monoisotopic (exact) mass is 329 g/mol. The molecule has 2 aromatic carbocycles. The second-order valence-corrected chi connectivity index (χ2v) is 6.63. The van der Waals surface area contributed by atoms with E-state index in [4.69, 9.17) is 0 Å². The number of sulfonamides is 1. The molecule has 2 rings (SSSR count). The quantitative estimate of drug-likeness (QED) is 0.920. The van der Waals surface area contributed by atoms with Gasteiger partial charge in [0.15, 0.2) is 0 Å². The molecule has 0 spiro atoms. The van der Waals surface area contributed by atoms with Crippen LogP contribution in [0, 0.1) is 13.8 Å². The molecule has 0 fully saturated rings. The van der Waals surface area contributed by atoms with Gasteiger partial charge in [-0.3, -0.25) is 4.72 Å². The van der Waals surface area contributed by atoms with Gasteiger partial charge in [0.05, 0.1) is 10.5 Å². The summed E-state index contributed by atoms with van der Waals surface area (Å²) >= 11 is 0. The summed E-state index contributed by atoms with van der Waals surface area (Å²) in [5, 5.41) is 0. The van der Waals surface area contributed by atoms with Gasteiger partial charge < -0.3 is 0 Å². The van der Waals surface area contributed by atoms with Crippen LogP contribution in [0.1, 0.15) is 16.7 Å². The Bertz CT molecular complexity index is 778. The number of alkyl halides is 3. The van der Waals surface area contributed by atoms with E-state index in [0.717, 1.165) is 29.3 Å². The van der Waals surface area contributed by atoms with Crippen molar-refractivity contribution in [1.29, 1.82) is 0 Å². The molecule has 22 heavy (non-hydrogen) atoms. The van der Waals surface area contributed by atoms with Crippen LogP contribution >= 0.6 is 0 Å². The first-order chi connectivity index (χ1) is 10.1. The van der Waals surface area contributed by atoms with Crippen molar-refractivity contribution in [1.82, 2.24) is 0 Å². The minimum atomic E-state index is -4.74. The fourth-order valence-corrected chi connectivity index (χ4v) is 3.45. The van der Waals surface area contributed by atoms with E-state index in [-0.39, 0.29) is 5.69 Å². The Labute approximate surface area is 126 Å². The van der Waals surface area contributed by atoms with E-state index >= 15 is 0 Å². The predicted molar refractivity (Wildman–Crippen MR) is 78.2 cm³/mol. The van der Waals surface area contributed by atoms with E-state index < -0.39 is 26.7 Å². The van der Waals surface area contributed by atoms with Crippen LogP contribution < -0.4 is 4.72 Å². The van der Waals surface area contributed by atoms with Crippen molar-refractivity contribution in [2.24, 2.45) is 0 Å². The SMILES string of the molecule is Cc1cc(C)cc(NS(=O)(=O)c2ccccc2C(F)(F)F)c1. The minimum absolute atomic E-state index is 0.231. The summed E-state index contributed by atoms with van der Waals surface area (Å²) in [7, 11) is -4.33. The lowest BCUT2D eigenvalue weighted by Gasteiger charge is -2.15. The van der Waals surface area contributed by atoms with Crippen LogP contribution in [0.15, 0.2) is 47.4 Å². The van der Waals surface area contributed by atoms with E-state index in [2.05, 4.69) is 4.72 Å². The molecule has 7 heteroatoms. The fourth-order valence-electron chi connectivity index (χ4n) is 2.18. The van der Waals surface area contributed by atoms with E-state index in [0.29, 0.717) is 0 Å². The molecule has 1 N–H and O–H groups in total. The van der Waals surface area contributed by atoms with Gasteiger partial charge in [-0.05, 0) is 49.2 Å². The van der Waals surface area contributed by atoms with Crippen LogP contribution in [0.25, 0.3) is 0 Å². The molecule has 0 unspecified atom stereocenters. The van der Waals surface area contributed by atoms with Crippen LogP contribution in [0.3, 0.4) is 0 Å². The molecule has 0 aliphatic rings. The smallest absolute Gasteiger partial charge is 0.280 e. The Morgan fingerprint density at radius 2 is 1.50 bits per heavy atom.